The van der Waals surface area contributed by atoms with Crippen LogP contribution >= 0.6 is 11.3 Å². The second-order valence-corrected chi connectivity index (χ2v) is 8.95. The maximum atomic E-state index is 13.3. The van der Waals surface area contributed by atoms with Gasteiger partial charge in [-0.05, 0) is 53.3 Å². The summed E-state index contributed by atoms with van der Waals surface area (Å²) in [7, 11) is 3.19. The third-order valence-electron chi connectivity index (χ3n) is 5.97. The van der Waals surface area contributed by atoms with Crippen LogP contribution in [0.2, 0.25) is 0 Å². The molecular weight excluding hydrogens is 470 g/mol. The van der Waals surface area contributed by atoms with Crippen molar-refractivity contribution in [2.24, 2.45) is 0 Å². The van der Waals surface area contributed by atoms with Gasteiger partial charge in [0.15, 0.2) is 11.5 Å². The molecule has 0 radical (unpaired) electrons. The van der Waals surface area contributed by atoms with E-state index in [9.17, 15) is 19.7 Å². The fourth-order valence-corrected chi connectivity index (χ4v) is 5.09. The summed E-state index contributed by atoms with van der Waals surface area (Å²) in [4.78, 5) is 38.8. The van der Waals surface area contributed by atoms with Crippen molar-refractivity contribution in [1.82, 2.24) is 10.2 Å². The number of ether oxygens (including phenoxy) is 2. The molecule has 9 nitrogen and oxygen atoms in total. The number of nitro groups is 1. The molecule has 182 valence electrons. The third kappa shape index (κ3) is 5.12. The average Bonchev–Trinajstić information content (AvgIpc) is 3.41. The molecule has 2 aromatic carbocycles. The lowest BCUT2D eigenvalue weighted by Crippen LogP contribution is -2.41. The molecule has 2 amide bonds. The normalized spacial score (nSPS) is 14.7. The zero-order valence-corrected chi connectivity index (χ0v) is 20.2. The maximum absolute atomic E-state index is 13.3. The van der Waals surface area contributed by atoms with Crippen LogP contribution in [0.5, 0.6) is 11.5 Å². The number of nitro benzene ring substituents is 1. The number of amides is 2. The quantitative estimate of drug-likeness (QED) is 0.374. The van der Waals surface area contributed by atoms with Gasteiger partial charge in [-0.15, -0.1) is 11.3 Å². The van der Waals surface area contributed by atoms with E-state index in [0.29, 0.717) is 30.0 Å². The number of fused-ring (bicyclic) bond motifs is 1. The van der Waals surface area contributed by atoms with E-state index in [-0.39, 0.29) is 36.5 Å². The monoisotopic (exact) mass is 495 g/mol. The number of carbonyl (C=O) groups excluding carboxylic acids is 2. The van der Waals surface area contributed by atoms with Crippen molar-refractivity contribution in [3.63, 3.8) is 0 Å². The maximum Gasteiger partial charge on any atom is 0.269 e. The number of carbonyl (C=O) groups is 2. The highest BCUT2D eigenvalue weighted by atomic mass is 32.1. The van der Waals surface area contributed by atoms with E-state index < -0.39 is 4.92 Å². The van der Waals surface area contributed by atoms with Gasteiger partial charge in [0.25, 0.3) is 11.6 Å². The number of rotatable bonds is 8. The first-order valence-electron chi connectivity index (χ1n) is 11.0. The molecule has 2 heterocycles. The molecule has 0 saturated carbocycles. The lowest BCUT2D eigenvalue weighted by molar-refractivity contribution is -0.384. The van der Waals surface area contributed by atoms with Crippen LogP contribution in [0.4, 0.5) is 5.69 Å². The molecule has 10 heteroatoms. The Bertz CT molecular complexity index is 1230. The van der Waals surface area contributed by atoms with Crippen LogP contribution in [0, 0.1) is 10.1 Å². The van der Waals surface area contributed by atoms with Crippen molar-refractivity contribution in [2.75, 3.05) is 27.3 Å². The zero-order valence-electron chi connectivity index (χ0n) is 19.4. The largest absolute Gasteiger partial charge is 0.493 e. The Kier molecular flexibility index (Phi) is 7.31. The number of thiophene rings is 1. The summed E-state index contributed by atoms with van der Waals surface area (Å²) in [6.07, 6.45) is 0.807. The molecule has 35 heavy (non-hydrogen) atoms. The minimum atomic E-state index is -0.521. The summed E-state index contributed by atoms with van der Waals surface area (Å²) < 4.78 is 11.0. The number of benzene rings is 2. The van der Waals surface area contributed by atoms with Crippen LogP contribution in [0.15, 0.2) is 53.9 Å². The highest BCUT2D eigenvalue weighted by molar-refractivity contribution is 7.10. The van der Waals surface area contributed by atoms with Crippen LogP contribution in [-0.4, -0.2) is 48.9 Å². The molecule has 1 aliphatic heterocycles. The van der Waals surface area contributed by atoms with Crippen LogP contribution in [0.3, 0.4) is 0 Å². The van der Waals surface area contributed by atoms with E-state index in [1.807, 2.05) is 34.5 Å². The molecule has 1 N–H and O–H groups in total. The molecule has 0 unspecified atom stereocenters. The van der Waals surface area contributed by atoms with Crippen molar-refractivity contribution in [3.8, 4) is 11.5 Å². The van der Waals surface area contributed by atoms with Crippen LogP contribution in [-0.2, 0) is 11.2 Å². The summed E-state index contributed by atoms with van der Waals surface area (Å²) in [5.74, 6) is 0.804. The Hall–Kier alpha value is -3.92. The van der Waals surface area contributed by atoms with E-state index in [4.69, 9.17) is 9.47 Å². The highest BCUT2D eigenvalue weighted by Crippen LogP contribution is 2.42. The van der Waals surface area contributed by atoms with Gasteiger partial charge in [-0.1, -0.05) is 6.07 Å². The first-order valence-corrected chi connectivity index (χ1v) is 11.9. The topological polar surface area (TPSA) is 111 Å². The molecule has 0 saturated heterocycles. The number of hydrogen-bond acceptors (Lipinski definition) is 7. The Morgan fingerprint density at radius 2 is 1.86 bits per heavy atom. The third-order valence-corrected chi connectivity index (χ3v) is 6.90. The first kappa shape index (κ1) is 24.2. The fourth-order valence-electron chi connectivity index (χ4n) is 4.23. The minimum Gasteiger partial charge on any atom is -0.493 e. The van der Waals surface area contributed by atoms with Crippen molar-refractivity contribution >= 4 is 28.8 Å². The molecule has 0 fully saturated rings. The number of hydrogen-bond donors (Lipinski definition) is 1. The molecule has 3 aromatic rings. The molecule has 1 atom stereocenters. The summed E-state index contributed by atoms with van der Waals surface area (Å²) in [5.41, 5.74) is 2.32. The van der Waals surface area contributed by atoms with Crippen molar-refractivity contribution in [2.45, 2.75) is 18.9 Å². The Labute approximate surface area is 206 Å². The van der Waals surface area contributed by atoms with Gasteiger partial charge in [-0.3, -0.25) is 19.7 Å². The molecule has 1 aliphatic rings. The van der Waals surface area contributed by atoms with Crippen LogP contribution in [0.25, 0.3) is 0 Å². The predicted octanol–water partition coefficient (Wildman–Crippen LogP) is 3.97. The number of non-ortho nitro benzene ring substituents is 1. The van der Waals surface area contributed by atoms with E-state index in [2.05, 4.69) is 5.32 Å². The fraction of sp³-hybridized carbons (Fsp3) is 0.280. The second kappa shape index (κ2) is 10.6. The van der Waals surface area contributed by atoms with Gasteiger partial charge >= 0.3 is 0 Å². The Morgan fingerprint density at radius 3 is 2.49 bits per heavy atom. The van der Waals surface area contributed by atoms with Crippen molar-refractivity contribution < 1.29 is 24.0 Å². The minimum absolute atomic E-state index is 0.0761. The molecule has 0 spiro atoms. The Balaban J connectivity index is 1.48. The molecular formula is C25H25N3O6S. The van der Waals surface area contributed by atoms with E-state index in [1.54, 1.807) is 25.6 Å². The smallest absolute Gasteiger partial charge is 0.269 e. The predicted molar refractivity (Wildman–Crippen MR) is 131 cm³/mol. The first-order chi connectivity index (χ1) is 16.9. The van der Waals surface area contributed by atoms with Gasteiger partial charge in [0.2, 0.25) is 5.91 Å². The van der Waals surface area contributed by atoms with Gasteiger partial charge in [0.1, 0.15) is 0 Å². The molecule has 4 rings (SSSR count). The lowest BCUT2D eigenvalue weighted by atomic mass is 9.90. The average molecular weight is 496 g/mol. The summed E-state index contributed by atoms with van der Waals surface area (Å²) in [6.45, 7) is 0.696. The van der Waals surface area contributed by atoms with E-state index in [1.165, 1.54) is 24.3 Å². The number of nitrogens with zero attached hydrogens (tertiary/aromatic N) is 2. The summed E-state index contributed by atoms with van der Waals surface area (Å²) in [5, 5.41) is 15.5. The second-order valence-electron chi connectivity index (χ2n) is 7.97. The standard InChI is InChI=1S/C25H25N3O6S/c1-33-20-14-17-10-12-27(24(22-4-3-13-35-22)19(17)15-21(20)34-2)23(29)9-11-26-25(30)16-5-7-18(8-6-16)28(31)32/h3-8,13-15,24H,9-12H2,1-2H3,(H,26,30)/t24-/m1/s1. The van der Waals surface area contributed by atoms with Gasteiger partial charge in [0.05, 0.1) is 25.2 Å². The number of methoxy groups -OCH3 is 2. The molecule has 0 aliphatic carbocycles. The van der Waals surface area contributed by atoms with E-state index in [0.717, 1.165) is 16.0 Å². The van der Waals surface area contributed by atoms with Crippen LogP contribution in [0.1, 0.15) is 38.8 Å². The molecule has 1 aromatic heterocycles. The van der Waals surface area contributed by atoms with Crippen molar-refractivity contribution in [1.29, 1.82) is 0 Å². The SMILES string of the molecule is COc1cc2c(cc1OC)[C@H](c1cccs1)N(C(=O)CCNC(=O)c1ccc([N+](=O)[O-])cc1)CC2. The van der Waals surface area contributed by atoms with E-state index >= 15 is 0 Å². The summed E-state index contributed by atoms with van der Waals surface area (Å²) in [6, 6.07) is 13.0. The molecule has 0 bridgehead atoms. The Morgan fingerprint density at radius 1 is 1.14 bits per heavy atom. The van der Waals surface area contributed by atoms with Gasteiger partial charge in [0, 0.05) is 42.1 Å². The lowest BCUT2D eigenvalue weighted by Gasteiger charge is -2.37. The summed E-state index contributed by atoms with van der Waals surface area (Å²) >= 11 is 1.58. The van der Waals surface area contributed by atoms with Crippen molar-refractivity contribution in [3.05, 3.63) is 85.6 Å². The highest BCUT2D eigenvalue weighted by Gasteiger charge is 2.33. The zero-order chi connectivity index (χ0) is 24.9. The van der Waals surface area contributed by atoms with Crippen LogP contribution < -0.4 is 14.8 Å². The van der Waals surface area contributed by atoms with Gasteiger partial charge in [-0.2, -0.15) is 0 Å². The van der Waals surface area contributed by atoms with Gasteiger partial charge < -0.3 is 19.7 Å². The number of nitrogens with one attached hydrogen (secondary N) is 1. The van der Waals surface area contributed by atoms with Gasteiger partial charge in [-0.25, -0.2) is 0 Å².